The van der Waals surface area contributed by atoms with Gasteiger partial charge in [-0.15, -0.1) is 0 Å². The fourth-order valence-electron chi connectivity index (χ4n) is 1.46. The molecule has 1 aromatic heterocycles. The van der Waals surface area contributed by atoms with Crippen molar-refractivity contribution in [2.24, 2.45) is 0 Å². The predicted octanol–water partition coefficient (Wildman–Crippen LogP) is 3.41. The summed E-state index contributed by atoms with van der Waals surface area (Å²) in [6.45, 7) is 0. The smallest absolute Gasteiger partial charge is 0.171 e. The molecule has 2 aromatic rings. The maximum atomic E-state index is 13.4. The van der Waals surface area contributed by atoms with Crippen LogP contribution in [0.3, 0.4) is 0 Å². The van der Waals surface area contributed by atoms with Gasteiger partial charge in [0.05, 0.1) is 12.0 Å². The highest BCUT2D eigenvalue weighted by Gasteiger charge is 2.11. The van der Waals surface area contributed by atoms with Crippen LogP contribution in [0.5, 0.6) is 0 Å². The number of ketones is 1. The molecule has 2 rings (SSSR count). The Kier molecular flexibility index (Phi) is 3.64. The van der Waals surface area contributed by atoms with Gasteiger partial charge in [0.25, 0.3) is 0 Å². The van der Waals surface area contributed by atoms with E-state index in [-0.39, 0.29) is 17.8 Å². The zero-order valence-electron chi connectivity index (χ0n) is 8.86. The quantitative estimate of drug-likeness (QED) is 0.812. The van der Waals surface area contributed by atoms with E-state index in [0.717, 1.165) is 4.47 Å². The van der Waals surface area contributed by atoms with Crippen LogP contribution in [0.25, 0.3) is 0 Å². The molecule has 0 N–H and O–H groups in total. The van der Waals surface area contributed by atoms with E-state index in [1.54, 1.807) is 30.5 Å². The molecule has 0 aliphatic rings. The van der Waals surface area contributed by atoms with Crippen molar-refractivity contribution in [1.82, 2.24) is 4.98 Å². The van der Waals surface area contributed by atoms with Gasteiger partial charge in [-0.3, -0.25) is 9.78 Å². The monoisotopic (exact) mass is 293 g/mol. The van der Waals surface area contributed by atoms with E-state index in [9.17, 15) is 9.18 Å². The minimum atomic E-state index is -0.491. The van der Waals surface area contributed by atoms with Crippen molar-refractivity contribution in [3.63, 3.8) is 0 Å². The summed E-state index contributed by atoms with van der Waals surface area (Å²) in [5.41, 5.74) is 0.735. The second-order valence-electron chi connectivity index (χ2n) is 3.55. The van der Waals surface area contributed by atoms with Crippen molar-refractivity contribution in [2.75, 3.05) is 0 Å². The van der Waals surface area contributed by atoms with Crippen LogP contribution in [0.4, 0.5) is 4.39 Å². The van der Waals surface area contributed by atoms with Crippen LogP contribution in [0.1, 0.15) is 16.1 Å². The molecule has 0 aliphatic carbocycles. The average molecular weight is 294 g/mol. The molecule has 0 amide bonds. The minimum Gasteiger partial charge on any atom is -0.294 e. The number of hydrogen-bond acceptors (Lipinski definition) is 2. The number of nitrogens with zero attached hydrogens (tertiary/aromatic N) is 1. The first kappa shape index (κ1) is 11.9. The molecule has 0 unspecified atom stereocenters. The third-order valence-corrected chi connectivity index (χ3v) is 2.77. The Bertz CT molecular complexity index is 539. The van der Waals surface area contributed by atoms with Gasteiger partial charge in [0.15, 0.2) is 5.78 Å². The minimum absolute atomic E-state index is 0.105. The first-order chi connectivity index (χ1) is 8.16. The number of pyridine rings is 1. The lowest BCUT2D eigenvalue weighted by molar-refractivity contribution is 0.0988. The number of rotatable bonds is 3. The summed E-state index contributed by atoms with van der Waals surface area (Å²) in [6.07, 6.45) is 1.72. The Hall–Kier alpha value is -1.55. The standard InChI is InChI=1S/C13H9BrFNO/c14-9-5-6-10(16-8-9)7-13(17)11-3-1-2-4-12(11)15/h1-6,8H,7H2. The maximum Gasteiger partial charge on any atom is 0.171 e. The molecule has 2 nitrogen and oxygen atoms in total. The van der Waals surface area contributed by atoms with Crippen molar-refractivity contribution < 1.29 is 9.18 Å². The third-order valence-electron chi connectivity index (χ3n) is 2.30. The van der Waals surface area contributed by atoms with Crippen LogP contribution in [-0.4, -0.2) is 10.8 Å². The van der Waals surface area contributed by atoms with Gasteiger partial charge in [-0.25, -0.2) is 4.39 Å². The lowest BCUT2D eigenvalue weighted by Crippen LogP contribution is -2.07. The highest BCUT2D eigenvalue weighted by molar-refractivity contribution is 9.10. The van der Waals surface area contributed by atoms with E-state index >= 15 is 0 Å². The summed E-state index contributed by atoms with van der Waals surface area (Å²) in [5.74, 6) is -0.757. The van der Waals surface area contributed by atoms with Crippen molar-refractivity contribution in [3.8, 4) is 0 Å². The molecule has 17 heavy (non-hydrogen) atoms. The molecular formula is C13H9BrFNO. The van der Waals surface area contributed by atoms with Crippen LogP contribution < -0.4 is 0 Å². The molecule has 0 saturated heterocycles. The van der Waals surface area contributed by atoms with Gasteiger partial charge in [-0.1, -0.05) is 12.1 Å². The Labute approximate surface area is 107 Å². The van der Waals surface area contributed by atoms with Gasteiger partial charge < -0.3 is 0 Å². The van der Waals surface area contributed by atoms with Crippen molar-refractivity contribution in [3.05, 3.63) is 64.1 Å². The van der Waals surface area contributed by atoms with Crippen LogP contribution in [0.15, 0.2) is 47.1 Å². The number of carbonyl (C=O) groups excluding carboxylic acids is 1. The Morgan fingerprint density at radius 3 is 2.65 bits per heavy atom. The second-order valence-corrected chi connectivity index (χ2v) is 4.46. The van der Waals surface area contributed by atoms with Crippen LogP contribution in [0, 0.1) is 5.82 Å². The van der Waals surface area contributed by atoms with E-state index in [1.807, 2.05) is 0 Å². The maximum absolute atomic E-state index is 13.4. The summed E-state index contributed by atoms with van der Waals surface area (Å²) in [5, 5.41) is 0. The molecule has 1 aromatic carbocycles. The molecule has 86 valence electrons. The molecule has 0 atom stereocenters. The number of carbonyl (C=O) groups is 1. The largest absolute Gasteiger partial charge is 0.294 e. The summed E-state index contributed by atoms with van der Waals surface area (Å²) in [4.78, 5) is 15.9. The lowest BCUT2D eigenvalue weighted by Gasteiger charge is -2.02. The molecule has 4 heteroatoms. The van der Waals surface area contributed by atoms with E-state index in [0.29, 0.717) is 5.69 Å². The van der Waals surface area contributed by atoms with Crippen molar-refractivity contribution >= 4 is 21.7 Å². The fraction of sp³-hybridized carbons (Fsp3) is 0.0769. The molecule has 0 spiro atoms. The van der Waals surface area contributed by atoms with Gasteiger partial charge in [-0.05, 0) is 40.2 Å². The third kappa shape index (κ3) is 2.97. The van der Waals surface area contributed by atoms with Gasteiger partial charge in [-0.2, -0.15) is 0 Å². The van der Waals surface area contributed by atoms with Crippen LogP contribution >= 0.6 is 15.9 Å². The number of Topliss-reactive ketones (excluding diaryl/α,β-unsaturated/α-hetero) is 1. The zero-order chi connectivity index (χ0) is 12.3. The topological polar surface area (TPSA) is 30.0 Å². The second kappa shape index (κ2) is 5.19. The summed E-state index contributed by atoms with van der Waals surface area (Å²) in [7, 11) is 0. The van der Waals surface area contributed by atoms with Crippen LogP contribution in [-0.2, 0) is 6.42 Å². The van der Waals surface area contributed by atoms with Crippen molar-refractivity contribution in [2.45, 2.75) is 6.42 Å². The zero-order valence-corrected chi connectivity index (χ0v) is 10.4. The van der Waals surface area contributed by atoms with Gasteiger partial charge in [0.2, 0.25) is 0 Å². The normalized spacial score (nSPS) is 10.2. The molecule has 0 fully saturated rings. The van der Waals surface area contributed by atoms with Crippen LogP contribution in [0.2, 0.25) is 0 Å². The summed E-state index contributed by atoms with van der Waals surface area (Å²) >= 11 is 3.26. The van der Waals surface area contributed by atoms with Crippen molar-refractivity contribution in [1.29, 1.82) is 0 Å². The van der Waals surface area contributed by atoms with E-state index in [2.05, 4.69) is 20.9 Å². The molecule has 0 radical (unpaired) electrons. The number of aromatic nitrogens is 1. The SMILES string of the molecule is O=C(Cc1ccc(Br)cn1)c1ccccc1F. The van der Waals surface area contributed by atoms with E-state index in [4.69, 9.17) is 0 Å². The molecule has 1 heterocycles. The highest BCUT2D eigenvalue weighted by Crippen LogP contribution is 2.12. The Balaban J connectivity index is 2.17. The molecule has 0 bridgehead atoms. The average Bonchev–Trinajstić information content (AvgIpc) is 2.32. The number of hydrogen-bond donors (Lipinski definition) is 0. The number of benzene rings is 1. The summed E-state index contributed by atoms with van der Waals surface area (Å²) < 4.78 is 14.2. The van der Waals surface area contributed by atoms with E-state index < -0.39 is 5.82 Å². The lowest BCUT2D eigenvalue weighted by atomic mass is 10.1. The highest BCUT2D eigenvalue weighted by atomic mass is 79.9. The Morgan fingerprint density at radius 1 is 1.24 bits per heavy atom. The molecular weight excluding hydrogens is 285 g/mol. The van der Waals surface area contributed by atoms with E-state index in [1.165, 1.54) is 12.1 Å². The fourth-order valence-corrected chi connectivity index (χ4v) is 1.69. The van der Waals surface area contributed by atoms with Gasteiger partial charge >= 0.3 is 0 Å². The first-order valence-electron chi connectivity index (χ1n) is 5.05. The Morgan fingerprint density at radius 2 is 2.00 bits per heavy atom. The molecule has 0 aliphatic heterocycles. The predicted molar refractivity (Wildman–Crippen MR) is 66.4 cm³/mol. The first-order valence-corrected chi connectivity index (χ1v) is 5.84. The molecule has 0 saturated carbocycles. The van der Waals surface area contributed by atoms with Gasteiger partial charge in [0, 0.05) is 16.4 Å². The van der Waals surface area contributed by atoms with Gasteiger partial charge in [0.1, 0.15) is 5.82 Å². The summed E-state index contributed by atoms with van der Waals surface area (Å²) in [6, 6.07) is 9.51. The number of halogens is 2.